The molecule has 1 aliphatic heterocycles. The van der Waals surface area contributed by atoms with Gasteiger partial charge >= 0.3 is 0 Å². The molecule has 0 bridgehead atoms. The first-order chi connectivity index (χ1) is 13.2. The average molecular weight is 520 g/mol. The van der Waals surface area contributed by atoms with Crippen LogP contribution < -0.4 is 20.3 Å². The first-order valence-corrected chi connectivity index (χ1v) is 9.24. The highest BCUT2D eigenvalue weighted by molar-refractivity contribution is 14.0. The Morgan fingerprint density at radius 3 is 3.00 bits per heavy atom. The van der Waals surface area contributed by atoms with E-state index >= 15 is 0 Å². The van der Waals surface area contributed by atoms with E-state index in [-0.39, 0.29) is 35.8 Å². The lowest BCUT2D eigenvalue weighted by Gasteiger charge is -2.20. The van der Waals surface area contributed by atoms with Gasteiger partial charge in [-0.2, -0.15) is 0 Å². The van der Waals surface area contributed by atoms with Gasteiger partial charge in [-0.3, -0.25) is 4.99 Å². The number of benzene rings is 1. The summed E-state index contributed by atoms with van der Waals surface area (Å²) in [6.07, 6.45) is 2.72. The van der Waals surface area contributed by atoms with Crippen LogP contribution in [0.25, 0.3) is 0 Å². The van der Waals surface area contributed by atoms with Crippen LogP contribution in [0.3, 0.4) is 0 Å². The zero-order valence-electron chi connectivity index (χ0n) is 15.6. The van der Waals surface area contributed by atoms with Crippen LogP contribution in [0.2, 0.25) is 5.02 Å². The topological polar surface area (TPSA) is 61.8 Å². The lowest BCUT2D eigenvalue weighted by molar-refractivity contribution is 0.320. The van der Waals surface area contributed by atoms with Crippen LogP contribution in [0.4, 0.5) is 10.2 Å². The minimum Gasteiger partial charge on any atom is -0.492 e. The highest BCUT2D eigenvalue weighted by Crippen LogP contribution is 2.25. The van der Waals surface area contributed by atoms with E-state index in [4.69, 9.17) is 16.3 Å². The van der Waals surface area contributed by atoms with Crippen molar-refractivity contribution in [2.75, 3.05) is 38.2 Å². The van der Waals surface area contributed by atoms with E-state index in [0.717, 1.165) is 25.3 Å². The van der Waals surface area contributed by atoms with E-state index in [1.54, 1.807) is 25.4 Å². The number of nitrogens with one attached hydrogen (secondary N) is 2. The standard InChI is InChI=1S/C19H23ClFN5O.HI/c1-22-19(24-9-11-27-16-5-2-4-14(21)12-16)25-15-7-10-26(13-15)18-17(20)6-3-8-23-18;/h2-6,8,12,15H,7,9-11,13H2,1H3,(H2,22,24,25);1H. The van der Waals surface area contributed by atoms with E-state index in [9.17, 15) is 4.39 Å². The fraction of sp³-hybridized carbons (Fsp3) is 0.368. The van der Waals surface area contributed by atoms with Crippen LogP contribution in [-0.2, 0) is 0 Å². The molecule has 0 radical (unpaired) electrons. The number of pyridine rings is 1. The summed E-state index contributed by atoms with van der Waals surface area (Å²) in [7, 11) is 1.73. The molecule has 3 rings (SSSR count). The Morgan fingerprint density at radius 1 is 1.39 bits per heavy atom. The highest BCUT2D eigenvalue weighted by Gasteiger charge is 2.25. The van der Waals surface area contributed by atoms with Crippen LogP contribution in [0.1, 0.15) is 6.42 Å². The van der Waals surface area contributed by atoms with Crippen molar-refractivity contribution in [3.05, 3.63) is 53.4 Å². The summed E-state index contributed by atoms with van der Waals surface area (Å²) in [6, 6.07) is 10.0. The second-order valence-electron chi connectivity index (χ2n) is 6.19. The molecule has 1 aromatic heterocycles. The van der Waals surface area contributed by atoms with Crippen molar-refractivity contribution in [3.8, 4) is 5.75 Å². The zero-order valence-corrected chi connectivity index (χ0v) is 18.7. The van der Waals surface area contributed by atoms with Crippen LogP contribution in [0.5, 0.6) is 5.75 Å². The summed E-state index contributed by atoms with van der Waals surface area (Å²) in [5.41, 5.74) is 0. The molecular formula is C19H24ClFIN5O. The van der Waals surface area contributed by atoms with E-state index in [2.05, 4.69) is 25.5 Å². The molecule has 2 heterocycles. The number of hydrogen-bond acceptors (Lipinski definition) is 4. The molecule has 2 aromatic rings. The van der Waals surface area contributed by atoms with Crippen LogP contribution >= 0.6 is 35.6 Å². The predicted molar refractivity (Wildman–Crippen MR) is 122 cm³/mol. The molecular weight excluding hydrogens is 496 g/mol. The highest BCUT2D eigenvalue weighted by atomic mass is 127. The Kier molecular flexibility index (Phi) is 9.04. The van der Waals surface area contributed by atoms with Gasteiger partial charge in [0, 0.05) is 38.4 Å². The summed E-state index contributed by atoms with van der Waals surface area (Å²) in [4.78, 5) is 10.8. The number of halogens is 3. The number of hydrogen-bond donors (Lipinski definition) is 2. The van der Waals surface area contributed by atoms with Gasteiger partial charge in [0.25, 0.3) is 0 Å². The number of aromatic nitrogens is 1. The van der Waals surface area contributed by atoms with Gasteiger partial charge in [0.15, 0.2) is 5.96 Å². The molecule has 2 N–H and O–H groups in total. The number of aliphatic imine (C=N–C) groups is 1. The van der Waals surface area contributed by atoms with E-state index in [1.165, 1.54) is 12.1 Å². The fourth-order valence-corrected chi connectivity index (χ4v) is 3.20. The van der Waals surface area contributed by atoms with E-state index in [1.807, 2.05) is 12.1 Å². The number of nitrogens with zero attached hydrogens (tertiary/aromatic N) is 3. The lowest BCUT2D eigenvalue weighted by atomic mass is 10.3. The largest absolute Gasteiger partial charge is 0.492 e. The molecule has 6 nitrogen and oxygen atoms in total. The minimum absolute atomic E-state index is 0. The quantitative estimate of drug-likeness (QED) is 0.265. The maximum Gasteiger partial charge on any atom is 0.191 e. The molecule has 1 atom stereocenters. The Bertz CT molecular complexity index is 794. The molecule has 1 saturated heterocycles. The van der Waals surface area contributed by atoms with Crippen molar-refractivity contribution in [2.45, 2.75) is 12.5 Å². The maximum absolute atomic E-state index is 13.1. The van der Waals surface area contributed by atoms with Crippen LogP contribution in [0.15, 0.2) is 47.6 Å². The molecule has 0 amide bonds. The van der Waals surface area contributed by atoms with Gasteiger partial charge in [-0.25, -0.2) is 9.37 Å². The maximum atomic E-state index is 13.1. The van der Waals surface area contributed by atoms with Gasteiger partial charge in [-0.05, 0) is 30.7 Å². The Morgan fingerprint density at radius 2 is 2.25 bits per heavy atom. The molecule has 0 aliphatic carbocycles. The van der Waals surface area contributed by atoms with Gasteiger partial charge in [-0.1, -0.05) is 17.7 Å². The normalized spacial score (nSPS) is 16.5. The number of anilines is 1. The predicted octanol–water partition coefficient (Wildman–Crippen LogP) is 3.31. The molecule has 1 aliphatic rings. The Labute approximate surface area is 186 Å². The van der Waals surface area contributed by atoms with Crippen LogP contribution in [-0.4, -0.2) is 50.3 Å². The van der Waals surface area contributed by atoms with Gasteiger partial charge in [0.1, 0.15) is 24.0 Å². The van der Waals surface area contributed by atoms with Gasteiger partial charge in [-0.15, -0.1) is 24.0 Å². The third-order valence-electron chi connectivity index (χ3n) is 4.25. The molecule has 1 aromatic carbocycles. The summed E-state index contributed by atoms with van der Waals surface area (Å²) < 4.78 is 18.6. The molecule has 0 spiro atoms. The fourth-order valence-electron chi connectivity index (χ4n) is 2.96. The zero-order chi connectivity index (χ0) is 19.1. The second kappa shape index (κ2) is 11.3. The first-order valence-electron chi connectivity index (χ1n) is 8.86. The molecule has 1 unspecified atom stereocenters. The van der Waals surface area contributed by atoms with E-state index in [0.29, 0.717) is 29.9 Å². The summed E-state index contributed by atoms with van der Waals surface area (Å²) >= 11 is 6.23. The molecule has 1 fully saturated rings. The monoisotopic (exact) mass is 519 g/mol. The third-order valence-corrected chi connectivity index (χ3v) is 4.55. The van der Waals surface area contributed by atoms with E-state index < -0.39 is 0 Å². The van der Waals surface area contributed by atoms with Crippen molar-refractivity contribution < 1.29 is 9.13 Å². The Hall–Kier alpha value is -1.81. The Balaban J connectivity index is 0.00000280. The molecule has 0 saturated carbocycles. The molecule has 152 valence electrons. The minimum atomic E-state index is -0.309. The van der Waals surface area contributed by atoms with Gasteiger partial charge < -0.3 is 20.3 Å². The van der Waals surface area contributed by atoms with Crippen molar-refractivity contribution in [3.63, 3.8) is 0 Å². The van der Waals surface area contributed by atoms with Crippen molar-refractivity contribution >= 4 is 47.4 Å². The SMILES string of the molecule is CN=C(NCCOc1cccc(F)c1)NC1CCN(c2ncccc2Cl)C1.I. The van der Waals surface area contributed by atoms with Gasteiger partial charge in [0.2, 0.25) is 0 Å². The number of guanidine groups is 1. The summed E-state index contributed by atoms with van der Waals surface area (Å²) in [6.45, 7) is 2.65. The summed E-state index contributed by atoms with van der Waals surface area (Å²) in [5.74, 6) is 1.72. The third kappa shape index (κ3) is 6.37. The summed E-state index contributed by atoms with van der Waals surface area (Å²) in [5, 5.41) is 7.27. The van der Waals surface area contributed by atoms with Crippen molar-refractivity contribution in [2.24, 2.45) is 4.99 Å². The number of rotatable bonds is 6. The second-order valence-corrected chi connectivity index (χ2v) is 6.60. The molecule has 28 heavy (non-hydrogen) atoms. The molecule has 9 heteroatoms. The lowest BCUT2D eigenvalue weighted by Crippen LogP contribution is -2.45. The van der Waals surface area contributed by atoms with Crippen molar-refractivity contribution in [1.29, 1.82) is 0 Å². The average Bonchev–Trinajstić information content (AvgIpc) is 3.13. The van der Waals surface area contributed by atoms with Gasteiger partial charge in [0.05, 0.1) is 11.6 Å². The smallest absolute Gasteiger partial charge is 0.191 e. The first kappa shape index (κ1) is 22.5. The van der Waals surface area contributed by atoms with Crippen molar-refractivity contribution in [1.82, 2.24) is 15.6 Å². The number of ether oxygens (including phenoxy) is 1. The van der Waals surface area contributed by atoms with Crippen LogP contribution in [0, 0.1) is 5.82 Å².